The lowest BCUT2D eigenvalue weighted by molar-refractivity contribution is -0.283. The smallest absolute Gasteiger partial charge is 0.338 e. The second-order valence-electron chi connectivity index (χ2n) is 8.83. The SMILES string of the molecule is CC(=O)OC1OC(COC(=O)c2ccccc2)C(F)C(OC(=O)C2=CC=CCC2)C1OC(=O)c1ccccc1. The second-order valence-corrected chi connectivity index (χ2v) is 8.83. The van der Waals surface area contributed by atoms with Crippen LogP contribution in [0.2, 0.25) is 0 Å². The van der Waals surface area contributed by atoms with Gasteiger partial charge in [0.1, 0.15) is 12.7 Å². The maximum absolute atomic E-state index is 15.9. The fraction of sp³-hybridized carbons (Fsp3) is 0.310. The topological polar surface area (TPSA) is 114 Å². The molecule has 9 nitrogen and oxygen atoms in total. The normalized spacial score (nSPS) is 24.2. The molecule has 1 aliphatic heterocycles. The van der Waals surface area contributed by atoms with Crippen LogP contribution >= 0.6 is 0 Å². The summed E-state index contributed by atoms with van der Waals surface area (Å²) in [6.45, 7) is 0.497. The van der Waals surface area contributed by atoms with Crippen LogP contribution in [0.4, 0.5) is 4.39 Å². The van der Waals surface area contributed by atoms with E-state index in [1.807, 2.05) is 6.08 Å². The van der Waals surface area contributed by atoms with Crippen LogP contribution in [0.5, 0.6) is 0 Å². The number of ether oxygens (including phenoxy) is 5. The molecule has 0 spiro atoms. The Morgan fingerprint density at radius 1 is 0.846 bits per heavy atom. The summed E-state index contributed by atoms with van der Waals surface area (Å²) in [6, 6.07) is 15.9. The van der Waals surface area contributed by atoms with Crippen molar-refractivity contribution in [3.05, 3.63) is 95.6 Å². The minimum Gasteiger partial charge on any atom is -0.459 e. The Morgan fingerprint density at radius 3 is 2.05 bits per heavy atom. The standard InChI is InChI=1S/C29H27FO9/c1-18(31)36-29-25(39-28(34)21-15-9-4-10-16-21)24(38-27(33)20-13-7-3-8-14-20)23(30)22(37-29)17-35-26(32)19-11-5-2-6-12-19/h2-7,9-13,15-16,22-25,29H,8,14,17H2,1H3. The van der Waals surface area contributed by atoms with Crippen LogP contribution in [0.3, 0.4) is 0 Å². The third kappa shape index (κ3) is 7.17. The van der Waals surface area contributed by atoms with E-state index in [-0.39, 0.29) is 11.1 Å². The zero-order valence-corrected chi connectivity index (χ0v) is 21.1. The summed E-state index contributed by atoms with van der Waals surface area (Å²) in [6.07, 6.45) is -2.61. The van der Waals surface area contributed by atoms with Gasteiger partial charge in [0, 0.05) is 12.5 Å². The monoisotopic (exact) mass is 538 g/mol. The van der Waals surface area contributed by atoms with Crippen molar-refractivity contribution in [2.45, 2.75) is 50.5 Å². The van der Waals surface area contributed by atoms with Gasteiger partial charge in [-0.05, 0) is 37.1 Å². The van der Waals surface area contributed by atoms with Gasteiger partial charge in [-0.25, -0.2) is 18.8 Å². The molecule has 39 heavy (non-hydrogen) atoms. The van der Waals surface area contributed by atoms with Crippen LogP contribution in [0.1, 0.15) is 40.5 Å². The van der Waals surface area contributed by atoms with Crippen LogP contribution in [0.15, 0.2) is 84.5 Å². The molecule has 1 saturated heterocycles. The lowest BCUT2D eigenvalue weighted by Gasteiger charge is -2.41. The van der Waals surface area contributed by atoms with Crippen molar-refractivity contribution in [2.24, 2.45) is 0 Å². The summed E-state index contributed by atoms with van der Waals surface area (Å²) >= 11 is 0. The van der Waals surface area contributed by atoms with Gasteiger partial charge in [0.15, 0.2) is 12.3 Å². The number of hydrogen-bond donors (Lipinski definition) is 0. The van der Waals surface area contributed by atoms with E-state index in [0.29, 0.717) is 18.4 Å². The van der Waals surface area contributed by atoms with E-state index in [9.17, 15) is 19.2 Å². The number of alkyl halides is 1. The van der Waals surface area contributed by atoms with Gasteiger partial charge in [-0.3, -0.25) is 4.79 Å². The van der Waals surface area contributed by atoms with Crippen molar-refractivity contribution in [3.8, 4) is 0 Å². The Kier molecular flexibility index (Phi) is 9.22. The number of halogens is 1. The highest BCUT2D eigenvalue weighted by Crippen LogP contribution is 2.31. The van der Waals surface area contributed by atoms with Crippen molar-refractivity contribution >= 4 is 23.9 Å². The number of carbonyl (C=O) groups is 4. The van der Waals surface area contributed by atoms with Gasteiger partial charge in [-0.2, -0.15) is 0 Å². The molecule has 2 aromatic carbocycles. The van der Waals surface area contributed by atoms with Gasteiger partial charge >= 0.3 is 23.9 Å². The van der Waals surface area contributed by atoms with E-state index in [2.05, 4.69) is 0 Å². The molecule has 204 valence electrons. The number of allylic oxidation sites excluding steroid dienone is 3. The minimum atomic E-state index is -2.11. The molecular formula is C29H27FO9. The third-order valence-electron chi connectivity index (χ3n) is 6.01. The Bertz CT molecular complexity index is 1240. The molecule has 10 heteroatoms. The Labute approximate surface area is 224 Å². The maximum Gasteiger partial charge on any atom is 0.338 e. The summed E-state index contributed by atoms with van der Waals surface area (Å²) < 4.78 is 43.0. The van der Waals surface area contributed by atoms with E-state index in [1.54, 1.807) is 48.6 Å². The van der Waals surface area contributed by atoms with Crippen molar-refractivity contribution in [1.82, 2.24) is 0 Å². The predicted octanol–water partition coefficient (Wildman–Crippen LogP) is 3.88. The maximum atomic E-state index is 15.9. The van der Waals surface area contributed by atoms with Crippen molar-refractivity contribution in [3.63, 3.8) is 0 Å². The van der Waals surface area contributed by atoms with Gasteiger partial charge in [-0.15, -0.1) is 0 Å². The van der Waals surface area contributed by atoms with Gasteiger partial charge < -0.3 is 23.7 Å². The first-order valence-corrected chi connectivity index (χ1v) is 12.3. The van der Waals surface area contributed by atoms with E-state index >= 15 is 4.39 Å². The number of carbonyl (C=O) groups excluding carboxylic acids is 4. The van der Waals surface area contributed by atoms with E-state index in [1.165, 1.54) is 24.3 Å². The molecule has 1 heterocycles. The average molecular weight is 539 g/mol. The Balaban J connectivity index is 1.59. The summed E-state index contributed by atoms with van der Waals surface area (Å²) in [5.74, 6) is -3.25. The summed E-state index contributed by atoms with van der Waals surface area (Å²) in [5, 5.41) is 0. The molecule has 1 fully saturated rings. The largest absolute Gasteiger partial charge is 0.459 e. The first kappa shape index (κ1) is 27.7. The molecular weight excluding hydrogens is 511 g/mol. The molecule has 0 N–H and O–H groups in total. The molecule has 0 saturated carbocycles. The number of hydrogen-bond acceptors (Lipinski definition) is 9. The number of benzene rings is 2. The van der Waals surface area contributed by atoms with Gasteiger partial charge in [-0.1, -0.05) is 54.6 Å². The second kappa shape index (κ2) is 13.0. The van der Waals surface area contributed by atoms with Crippen LogP contribution in [-0.2, 0) is 33.3 Å². The zero-order chi connectivity index (χ0) is 27.8. The van der Waals surface area contributed by atoms with Crippen LogP contribution < -0.4 is 0 Å². The molecule has 0 aromatic heterocycles. The minimum absolute atomic E-state index is 0.138. The van der Waals surface area contributed by atoms with Crippen LogP contribution in [0.25, 0.3) is 0 Å². The summed E-state index contributed by atoms with van der Waals surface area (Å²) in [7, 11) is 0. The fourth-order valence-corrected chi connectivity index (χ4v) is 4.07. The summed E-state index contributed by atoms with van der Waals surface area (Å²) in [5.41, 5.74) is 0.661. The molecule has 2 aromatic rings. The molecule has 0 bridgehead atoms. The molecule has 0 amide bonds. The fourth-order valence-electron chi connectivity index (χ4n) is 4.07. The number of esters is 4. The van der Waals surface area contributed by atoms with Crippen molar-refractivity contribution in [1.29, 1.82) is 0 Å². The average Bonchev–Trinajstić information content (AvgIpc) is 2.96. The molecule has 1 aliphatic carbocycles. The quantitative estimate of drug-likeness (QED) is 0.365. The number of rotatable bonds is 8. The molecule has 4 rings (SSSR count). The van der Waals surface area contributed by atoms with E-state index < -0.39 is 61.3 Å². The van der Waals surface area contributed by atoms with Crippen LogP contribution in [-0.4, -0.2) is 61.3 Å². The van der Waals surface area contributed by atoms with E-state index in [0.717, 1.165) is 6.92 Å². The Morgan fingerprint density at radius 2 is 1.46 bits per heavy atom. The lowest BCUT2D eigenvalue weighted by atomic mass is 9.99. The van der Waals surface area contributed by atoms with E-state index in [4.69, 9.17) is 23.7 Å². The highest BCUT2D eigenvalue weighted by Gasteiger charge is 2.53. The predicted molar refractivity (Wildman–Crippen MR) is 134 cm³/mol. The first-order chi connectivity index (χ1) is 18.8. The van der Waals surface area contributed by atoms with Crippen LogP contribution in [0, 0.1) is 0 Å². The third-order valence-corrected chi connectivity index (χ3v) is 6.01. The molecule has 0 radical (unpaired) electrons. The zero-order valence-electron chi connectivity index (χ0n) is 21.1. The lowest BCUT2D eigenvalue weighted by Crippen LogP contribution is -2.61. The highest BCUT2D eigenvalue weighted by atomic mass is 19.1. The molecule has 5 atom stereocenters. The summed E-state index contributed by atoms with van der Waals surface area (Å²) in [4.78, 5) is 50.1. The molecule has 5 unspecified atom stereocenters. The van der Waals surface area contributed by atoms with Gasteiger partial charge in [0.2, 0.25) is 12.4 Å². The van der Waals surface area contributed by atoms with Gasteiger partial charge in [0.05, 0.1) is 11.1 Å². The van der Waals surface area contributed by atoms with Crippen molar-refractivity contribution in [2.75, 3.05) is 6.61 Å². The van der Waals surface area contributed by atoms with Gasteiger partial charge in [0.25, 0.3) is 0 Å². The highest BCUT2D eigenvalue weighted by molar-refractivity contribution is 5.90. The first-order valence-electron chi connectivity index (χ1n) is 12.3. The Hall–Kier alpha value is -4.31. The molecule has 2 aliphatic rings. The van der Waals surface area contributed by atoms with Crippen molar-refractivity contribution < 1.29 is 47.3 Å².